The minimum absolute atomic E-state index is 0.165. The van der Waals surface area contributed by atoms with Crippen LogP contribution in [0, 0.1) is 13.8 Å². The Hall–Kier alpha value is -2.70. The van der Waals surface area contributed by atoms with Gasteiger partial charge in [0.15, 0.2) is 11.4 Å². The van der Waals surface area contributed by atoms with Gasteiger partial charge in [0, 0.05) is 24.9 Å². The van der Waals surface area contributed by atoms with E-state index in [1.54, 1.807) is 22.5 Å². The first kappa shape index (κ1) is 16.2. The number of amides is 1. The second-order valence-electron chi connectivity index (χ2n) is 6.37. The van der Waals surface area contributed by atoms with Gasteiger partial charge in [-0.1, -0.05) is 19.0 Å². The summed E-state index contributed by atoms with van der Waals surface area (Å²) in [5.41, 5.74) is 3.69. The number of hydrogen-bond acceptors (Lipinski definition) is 5. The van der Waals surface area contributed by atoms with Crippen molar-refractivity contribution in [1.29, 1.82) is 0 Å². The molecule has 0 bridgehead atoms. The van der Waals surface area contributed by atoms with Gasteiger partial charge in [-0.25, -0.2) is 9.50 Å². The van der Waals surface area contributed by atoms with E-state index in [0.29, 0.717) is 29.6 Å². The van der Waals surface area contributed by atoms with Gasteiger partial charge in [0.05, 0.1) is 17.9 Å². The molecule has 126 valence electrons. The number of carbonyl (C=O) groups excluding carboxylic acids is 1. The van der Waals surface area contributed by atoms with Crippen molar-refractivity contribution in [3.05, 3.63) is 46.7 Å². The lowest BCUT2D eigenvalue weighted by molar-refractivity contribution is 0.0766. The fourth-order valence-corrected chi connectivity index (χ4v) is 2.53. The number of carbonyl (C=O) groups is 1. The van der Waals surface area contributed by atoms with Crippen molar-refractivity contribution in [2.45, 2.75) is 40.2 Å². The highest BCUT2D eigenvalue weighted by Gasteiger charge is 2.18. The average Bonchev–Trinajstić information content (AvgIpc) is 3.12. The van der Waals surface area contributed by atoms with E-state index in [1.807, 2.05) is 39.8 Å². The lowest BCUT2D eigenvalue weighted by Crippen LogP contribution is -2.27. The number of aryl methyl sites for hydroxylation is 2. The summed E-state index contributed by atoms with van der Waals surface area (Å²) in [6.45, 7) is 8.25. The molecule has 24 heavy (non-hydrogen) atoms. The summed E-state index contributed by atoms with van der Waals surface area (Å²) in [6.07, 6.45) is 0. The van der Waals surface area contributed by atoms with Gasteiger partial charge in [0.2, 0.25) is 0 Å². The number of rotatable bonds is 4. The molecule has 0 saturated heterocycles. The zero-order chi connectivity index (χ0) is 17.4. The van der Waals surface area contributed by atoms with E-state index in [2.05, 4.69) is 15.2 Å². The predicted octanol–water partition coefficient (Wildman–Crippen LogP) is 2.73. The van der Waals surface area contributed by atoms with Crippen molar-refractivity contribution < 1.29 is 9.32 Å². The van der Waals surface area contributed by atoms with Crippen LogP contribution >= 0.6 is 0 Å². The first-order valence-corrected chi connectivity index (χ1v) is 7.90. The molecule has 0 aliphatic heterocycles. The van der Waals surface area contributed by atoms with Gasteiger partial charge in [-0.2, -0.15) is 5.10 Å². The van der Waals surface area contributed by atoms with Crippen LogP contribution in [0.15, 0.2) is 22.7 Å². The van der Waals surface area contributed by atoms with Gasteiger partial charge < -0.3 is 9.42 Å². The molecule has 0 N–H and O–H groups in total. The van der Waals surface area contributed by atoms with E-state index in [-0.39, 0.29) is 5.91 Å². The van der Waals surface area contributed by atoms with E-state index in [0.717, 1.165) is 17.1 Å². The molecule has 1 amide bonds. The van der Waals surface area contributed by atoms with Gasteiger partial charge in [0.25, 0.3) is 5.91 Å². The van der Waals surface area contributed by atoms with E-state index in [9.17, 15) is 4.79 Å². The molecule has 0 atom stereocenters. The maximum atomic E-state index is 12.7. The van der Waals surface area contributed by atoms with Crippen molar-refractivity contribution in [3.63, 3.8) is 0 Å². The van der Waals surface area contributed by atoms with E-state index >= 15 is 0 Å². The van der Waals surface area contributed by atoms with Gasteiger partial charge in [-0.15, -0.1) is 0 Å². The molecule has 7 heteroatoms. The summed E-state index contributed by atoms with van der Waals surface area (Å²) < 4.78 is 7.04. The molecule has 0 unspecified atom stereocenters. The Morgan fingerprint density at radius 2 is 2.04 bits per heavy atom. The molecular weight excluding hydrogens is 306 g/mol. The van der Waals surface area contributed by atoms with Crippen LogP contribution in [0.3, 0.4) is 0 Å². The van der Waals surface area contributed by atoms with Gasteiger partial charge in [0.1, 0.15) is 5.69 Å². The van der Waals surface area contributed by atoms with Crippen molar-refractivity contribution in [2.24, 2.45) is 0 Å². The van der Waals surface area contributed by atoms with Crippen LogP contribution in [0.5, 0.6) is 0 Å². The average molecular weight is 327 g/mol. The maximum Gasteiger partial charge on any atom is 0.272 e. The summed E-state index contributed by atoms with van der Waals surface area (Å²) in [5, 5.41) is 8.37. The third-order valence-corrected chi connectivity index (χ3v) is 3.85. The standard InChI is InChI=1S/C17H21N5O2/c1-10(2)14-8-13(24-20-14)9-21(5)17(23)15-7-12(4)22-16(18-15)6-11(3)19-22/h6-8,10H,9H2,1-5H3. The predicted molar refractivity (Wildman–Crippen MR) is 88.9 cm³/mol. The fourth-order valence-electron chi connectivity index (χ4n) is 2.53. The first-order valence-electron chi connectivity index (χ1n) is 7.90. The number of aromatic nitrogens is 4. The van der Waals surface area contributed by atoms with Crippen LogP contribution in [-0.4, -0.2) is 37.6 Å². The summed E-state index contributed by atoms with van der Waals surface area (Å²) in [4.78, 5) is 18.7. The Morgan fingerprint density at radius 3 is 2.71 bits per heavy atom. The number of fused-ring (bicyclic) bond motifs is 1. The van der Waals surface area contributed by atoms with Crippen molar-refractivity contribution in [3.8, 4) is 0 Å². The zero-order valence-electron chi connectivity index (χ0n) is 14.6. The molecule has 3 aromatic heterocycles. The Morgan fingerprint density at radius 1 is 1.29 bits per heavy atom. The second kappa shape index (κ2) is 6.07. The lowest BCUT2D eigenvalue weighted by Gasteiger charge is -2.15. The monoisotopic (exact) mass is 327 g/mol. The smallest absolute Gasteiger partial charge is 0.272 e. The SMILES string of the molecule is Cc1cc2nc(C(=O)N(C)Cc3cc(C(C)C)no3)cc(C)n2n1. The fraction of sp³-hybridized carbons (Fsp3) is 0.412. The summed E-state index contributed by atoms with van der Waals surface area (Å²) in [5.74, 6) is 0.787. The molecule has 3 rings (SSSR count). The molecule has 0 aliphatic rings. The highest BCUT2D eigenvalue weighted by molar-refractivity contribution is 5.92. The molecular formula is C17H21N5O2. The van der Waals surface area contributed by atoms with Crippen molar-refractivity contribution >= 4 is 11.6 Å². The van der Waals surface area contributed by atoms with E-state index < -0.39 is 0 Å². The third kappa shape index (κ3) is 3.02. The van der Waals surface area contributed by atoms with Crippen LogP contribution < -0.4 is 0 Å². The van der Waals surface area contributed by atoms with Gasteiger partial charge in [-0.05, 0) is 25.8 Å². The highest BCUT2D eigenvalue weighted by Crippen LogP contribution is 2.16. The molecule has 0 spiro atoms. The normalized spacial score (nSPS) is 11.4. The van der Waals surface area contributed by atoms with Crippen molar-refractivity contribution in [1.82, 2.24) is 24.7 Å². The van der Waals surface area contributed by atoms with Crippen molar-refractivity contribution in [2.75, 3.05) is 7.05 Å². The Bertz CT molecular complexity index is 894. The Labute approximate surface area is 140 Å². The molecule has 7 nitrogen and oxygen atoms in total. The molecule has 3 aromatic rings. The molecule has 0 aromatic carbocycles. The zero-order valence-corrected chi connectivity index (χ0v) is 14.6. The Balaban J connectivity index is 1.82. The van der Waals surface area contributed by atoms with E-state index in [1.165, 1.54) is 0 Å². The lowest BCUT2D eigenvalue weighted by atomic mass is 10.1. The summed E-state index contributed by atoms with van der Waals surface area (Å²) in [7, 11) is 1.72. The molecule has 0 radical (unpaired) electrons. The first-order chi connectivity index (χ1) is 11.3. The summed E-state index contributed by atoms with van der Waals surface area (Å²) >= 11 is 0. The molecule has 3 heterocycles. The number of nitrogens with zero attached hydrogens (tertiary/aromatic N) is 5. The Kier molecular flexibility index (Phi) is 4.09. The summed E-state index contributed by atoms with van der Waals surface area (Å²) in [6, 6.07) is 5.49. The van der Waals surface area contributed by atoms with Crippen LogP contribution in [0.25, 0.3) is 5.65 Å². The minimum Gasteiger partial charge on any atom is -0.359 e. The van der Waals surface area contributed by atoms with Crippen LogP contribution in [0.4, 0.5) is 0 Å². The molecule has 0 fully saturated rings. The molecule has 0 aliphatic carbocycles. The molecule has 0 saturated carbocycles. The topological polar surface area (TPSA) is 76.5 Å². The second-order valence-corrected chi connectivity index (χ2v) is 6.37. The third-order valence-electron chi connectivity index (χ3n) is 3.85. The van der Waals surface area contributed by atoms with Crippen LogP contribution in [0.1, 0.15) is 53.1 Å². The number of hydrogen-bond donors (Lipinski definition) is 0. The van der Waals surface area contributed by atoms with Crippen LogP contribution in [0.2, 0.25) is 0 Å². The maximum absolute atomic E-state index is 12.7. The highest BCUT2D eigenvalue weighted by atomic mass is 16.5. The minimum atomic E-state index is -0.165. The van der Waals surface area contributed by atoms with E-state index in [4.69, 9.17) is 4.52 Å². The van der Waals surface area contributed by atoms with Gasteiger partial charge >= 0.3 is 0 Å². The largest absolute Gasteiger partial charge is 0.359 e. The van der Waals surface area contributed by atoms with Crippen LogP contribution in [-0.2, 0) is 6.54 Å². The quantitative estimate of drug-likeness (QED) is 0.736. The van der Waals surface area contributed by atoms with Gasteiger partial charge in [-0.3, -0.25) is 4.79 Å².